The Morgan fingerprint density at radius 1 is 1.33 bits per heavy atom. The zero-order chi connectivity index (χ0) is 16.6. The number of hydrogen-bond acceptors (Lipinski definition) is 5. The van der Waals surface area contributed by atoms with E-state index in [1.807, 2.05) is 6.07 Å². The van der Waals surface area contributed by atoms with Gasteiger partial charge in [0, 0.05) is 12.5 Å². The summed E-state index contributed by atoms with van der Waals surface area (Å²) < 4.78 is 5.45. The Balaban J connectivity index is 1.52. The normalized spacial score (nSPS) is 19.5. The Bertz CT molecular complexity index is 745. The first-order chi connectivity index (χ1) is 11.7. The molecular weight excluding hydrogens is 306 g/mol. The van der Waals surface area contributed by atoms with Gasteiger partial charge >= 0.3 is 5.97 Å². The van der Waals surface area contributed by atoms with Crippen molar-refractivity contribution in [3.63, 3.8) is 0 Å². The summed E-state index contributed by atoms with van der Waals surface area (Å²) in [5, 5.41) is 17.0. The third-order valence-corrected chi connectivity index (χ3v) is 5.06. The third kappa shape index (κ3) is 2.94. The van der Waals surface area contributed by atoms with Crippen LogP contribution in [0.2, 0.25) is 0 Å². The Kier molecular flexibility index (Phi) is 3.84. The highest BCUT2D eigenvalue weighted by Crippen LogP contribution is 2.42. The van der Waals surface area contributed by atoms with Crippen LogP contribution in [-0.2, 0) is 12.1 Å². The number of nitrogens with zero attached hydrogens (tertiary/aromatic N) is 2. The minimum atomic E-state index is -0.903. The maximum Gasteiger partial charge on any atom is 0.335 e. The second-order valence-corrected chi connectivity index (χ2v) is 6.88. The summed E-state index contributed by atoms with van der Waals surface area (Å²) in [6.45, 7) is 0.592. The molecule has 126 valence electrons. The summed E-state index contributed by atoms with van der Waals surface area (Å²) in [6, 6.07) is 7.04. The zero-order valence-electron chi connectivity index (χ0n) is 13.5. The van der Waals surface area contributed by atoms with Crippen molar-refractivity contribution >= 4 is 5.97 Å². The molecule has 24 heavy (non-hydrogen) atoms. The van der Waals surface area contributed by atoms with Gasteiger partial charge in [-0.15, -0.1) is 0 Å². The van der Waals surface area contributed by atoms with Crippen molar-refractivity contribution in [1.29, 1.82) is 0 Å². The minimum Gasteiger partial charge on any atom is -0.478 e. The van der Waals surface area contributed by atoms with Crippen LogP contribution in [0, 0.1) is 0 Å². The van der Waals surface area contributed by atoms with E-state index in [0.29, 0.717) is 18.0 Å². The van der Waals surface area contributed by atoms with Crippen molar-refractivity contribution in [2.75, 3.05) is 0 Å². The van der Waals surface area contributed by atoms with Crippen molar-refractivity contribution < 1.29 is 14.4 Å². The lowest BCUT2D eigenvalue weighted by Crippen LogP contribution is -2.40. The quantitative estimate of drug-likeness (QED) is 0.847. The molecule has 2 aromatic rings. The number of carboxylic acid groups (broad SMARTS) is 1. The molecule has 2 saturated carbocycles. The number of carboxylic acids is 1. The number of nitrogens with one attached hydrogen (secondary N) is 1. The Morgan fingerprint density at radius 3 is 2.83 bits per heavy atom. The van der Waals surface area contributed by atoms with Crippen LogP contribution in [0.15, 0.2) is 28.8 Å². The first kappa shape index (κ1) is 15.3. The maximum absolute atomic E-state index is 11.1. The van der Waals surface area contributed by atoms with E-state index in [1.54, 1.807) is 18.2 Å². The molecule has 2 fully saturated rings. The predicted octanol–water partition coefficient (Wildman–Crippen LogP) is 3.20. The largest absolute Gasteiger partial charge is 0.478 e. The van der Waals surface area contributed by atoms with Gasteiger partial charge in [-0.25, -0.2) is 4.79 Å². The standard InChI is InChI=1S/C18H21N3O3/c22-16(23)14-5-3-4-12(10-14)11-19-18(8-1-2-9-18)17-20-15(24-21-17)13-6-7-13/h3-5,10,13,19H,1-2,6-9,11H2,(H,22,23). The van der Waals surface area contributed by atoms with Crippen LogP contribution >= 0.6 is 0 Å². The van der Waals surface area contributed by atoms with E-state index >= 15 is 0 Å². The van der Waals surface area contributed by atoms with E-state index in [9.17, 15) is 4.79 Å². The molecule has 6 nitrogen and oxygen atoms in total. The molecule has 0 bridgehead atoms. The van der Waals surface area contributed by atoms with Gasteiger partial charge < -0.3 is 14.9 Å². The predicted molar refractivity (Wildman–Crippen MR) is 86.7 cm³/mol. The topological polar surface area (TPSA) is 88.2 Å². The van der Waals surface area contributed by atoms with E-state index in [2.05, 4.69) is 15.5 Å². The van der Waals surface area contributed by atoms with Crippen molar-refractivity contribution in [3.8, 4) is 0 Å². The summed E-state index contributed by atoms with van der Waals surface area (Å²) in [6.07, 6.45) is 6.52. The van der Waals surface area contributed by atoms with E-state index in [1.165, 1.54) is 0 Å². The van der Waals surface area contributed by atoms with Crippen LogP contribution in [-0.4, -0.2) is 21.2 Å². The Hall–Kier alpha value is -2.21. The van der Waals surface area contributed by atoms with Gasteiger partial charge in [-0.2, -0.15) is 4.98 Å². The summed E-state index contributed by atoms with van der Waals surface area (Å²) in [4.78, 5) is 15.8. The lowest BCUT2D eigenvalue weighted by atomic mass is 9.96. The summed E-state index contributed by atoms with van der Waals surface area (Å²) >= 11 is 0. The van der Waals surface area contributed by atoms with Gasteiger partial charge in [0.1, 0.15) is 0 Å². The molecule has 1 heterocycles. The third-order valence-electron chi connectivity index (χ3n) is 5.06. The molecule has 0 spiro atoms. The molecule has 0 aliphatic heterocycles. The lowest BCUT2D eigenvalue weighted by Gasteiger charge is -2.27. The highest BCUT2D eigenvalue weighted by Gasteiger charge is 2.41. The molecule has 1 aromatic heterocycles. The van der Waals surface area contributed by atoms with Gasteiger partial charge in [0.2, 0.25) is 5.89 Å². The molecule has 2 N–H and O–H groups in total. The first-order valence-electron chi connectivity index (χ1n) is 8.58. The van der Waals surface area contributed by atoms with Crippen LogP contribution in [0.1, 0.15) is 72.1 Å². The molecule has 0 unspecified atom stereocenters. The van der Waals surface area contributed by atoms with Crippen LogP contribution < -0.4 is 5.32 Å². The fraction of sp³-hybridized carbons (Fsp3) is 0.500. The molecule has 6 heteroatoms. The minimum absolute atomic E-state index is 0.254. The van der Waals surface area contributed by atoms with E-state index in [0.717, 1.165) is 55.8 Å². The molecule has 1 aromatic carbocycles. The van der Waals surface area contributed by atoms with Gasteiger partial charge in [-0.1, -0.05) is 30.1 Å². The van der Waals surface area contributed by atoms with Crippen molar-refractivity contribution in [2.24, 2.45) is 0 Å². The van der Waals surface area contributed by atoms with Gasteiger partial charge in [-0.3, -0.25) is 0 Å². The summed E-state index contributed by atoms with van der Waals surface area (Å²) in [5.74, 6) is 1.08. The number of rotatable bonds is 6. The molecular formula is C18H21N3O3. The van der Waals surface area contributed by atoms with E-state index in [4.69, 9.17) is 9.63 Å². The number of carbonyl (C=O) groups is 1. The van der Waals surface area contributed by atoms with Crippen LogP contribution in [0.5, 0.6) is 0 Å². The van der Waals surface area contributed by atoms with Crippen LogP contribution in [0.25, 0.3) is 0 Å². The smallest absolute Gasteiger partial charge is 0.335 e. The Labute approximate surface area is 140 Å². The van der Waals surface area contributed by atoms with E-state index in [-0.39, 0.29) is 5.54 Å². The van der Waals surface area contributed by atoms with Gasteiger partial charge in [0.25, 0.3) is 0 Å². The second-order valence-electron chi connectivity index (χ2n) is 6.88. The van der Waals surface area contributed by atoms with Crippen molar-refractivity contribution in [3.05, 3.63) is 47.1 Å². The lowest BCUT2D eigenvalue weighted by molar-refractivity contribution is 0.0696. The average molecular weight is 327 g/mol. The monoisotopic (exact) mass is 327 g/mol. The van der Waals surface area contributed by atoms with Crippen LogP contribution in [0.4, 0.5) is 0 Å². The van der Waals surface area contributed by atoms with Crippen LogP contribution in [0.3, 0.4) is 0 Å². The van der Waals surface area contributed by atoms with Gasteiger partial charge in [0.15, 0.2) is 5.82 Å². The number of aromatic nitrogens is 2. The van der Waals surface area contributed by atoms with Gasteiger partial charge in [0.05, 0.1) is 11.1 Å². The second kappa shape index (κ2) is 6.02. The molecule has 0 saturated heterocycles. The highest BCUT2D eigenvalue weighted by atomic mass is 16.5. The number of aromatic carboxylic acids is 1. The zero-order valence-corrected chi connectivity index (χ0v) is 13.5. The SMILES string of the molecule is O=C(O)c1cccc(CNC2(c3noc(C4CC4)n3)CCCC2)c1. The van der Waals surface area contributed by atoms with Crippen molar-refractivity contribution in [2.45, 2.75) is 56.5 Å². The number of benzene rings is 1. The fourth-order valence-corrected chi connectivity index (χ4v) is 3.47. The fourth-order valence-electron chi connectivity index (χ4n) is 3.47. The molecule has 2 aliphatic rings. The van der Waals surface area contributed by atoms with Crippen molar-refractivity contribution in [1.82, 2.24) is 15.5 Å². The molecule has 2 aliphatic carbocycles. The van der Waals surface area contributed by atoms with Gasteiger partial charge in [-0.05, 0) is 43.4 Å². The van der Waals surface area contributed by atoms with E-state index < -0.39 is 5.97 Å². The summed E-state index contributed by atoms with van der Waals surface area (Å²) in [5.41, 5.74) is 1.01. The highest BCUT2D eigenvalue weighted by molar-refractivity contribution is 5.87. The maximum atomic E-state index is 11.1. The Morgan fingerprint density at radius 2 is 2.12 bits per heavy atom. The number of hydrogen-bond donors (Lipinski definition) is 2. The average Bonchev–Trinajstić information content (AvgIpc) is 3.12. The molecule has 4 rings (SSSR count). The molecule has 0 radical (unpaired) electrons. The molecule has 0 amide bonds. The molecule has 0 atom stereocenters. The summed E-state index contributed by atoms with van der Waals surface area (Å²) in [7, 11) is 0. The first-order valence-corrected chi connectivity index (χ1v) is 8.58.